The molecule has 0 aromatic heterocycles. The molecule has 1 atom stereocenters. The van der Waals surface area contributed by atoms with Crippen LogP contribution in [-0.4, -0.2) is 19.3 Å². The van der Waals surface area contributed by atoms with Crippen LogP contribution in [0, 0.1) is 11.3 Å². The van der Waals surface area contributed by atoms with Crippen LogP contribution in [0.1, 0.15) is 19.4 Å². The Morgan fingerprint density at radius 1 is 1.56 bits per heavy atom. The number of benzene rings is 1. The molecule has 0 radical (unpaired) electrons. The van der Waals surface area contributed by atoms with Crippen molar-refractivity contribution in [1.82, 2.24) is 0 Å². The third-order valence-electron chi connectivity index (χ3n) is 2.07. The van der Waals surface area contributed by atoms with Crippen molar-refractivity contribution in [3.05, 3.63) is 28.2 Å². The van der Waals surface area contributed by atoms with E-state index in [2.05, 4.69) is 34.2 Å². The zero-order valence-electron chi connectivity index (χ0n) is 9.46. The van der Waals surface area contributed by atoms with E-state index in [0.717, 1.165) is 16.8 Å². The molecule has 0 aliphatic rings. The molecule has 0 heterocycles. The minimum absolute atomic E-state index is 0.240. The summed E-state index contributed by atoms with van der Waals surface area (Å²) in [6.07, 6.45) is 0. The van der Waals surface area contributed by atoms with Gasteiger partial charge in [0.2, 0.25) is 0 Å². The monoisotopic (exact) mass is 282 g/mol. The number of nitrogens with zero attached hydrogens (tertiary/aromatic N) is 1. The third-order valence-corrected chi connectivity index (χ3v) is 2.73. The number of nitriles is 1. The first-order valence-electron chi connectivity index (χ1n) is 5.21. The van der Waals surface area contributed by atoms with Crippen LogP contribution in [0.2, 0.25) is 0 Å². The molecule has 1 rings (SSSR count). The molecule has 0 aliphatic carbocycles. The Balaban J connectivity index is 2.64. The van der Waals surface area contributed by atoms with E-state index in [1.54, 1.807) is 12.1 Å². The molecule has 0 amide bonds. The maximum atomic E-state index is 8.74. The Morgan fingerprint density at radius 3 is 2.88 bits per heavy atom. The summed E-state index contributed by atoms with van der Waals surface area (Å²) in [6.45, 7) is 5.42. The number of rotatable bonds is 5. The molecule has 0 bridgehead atoms. The summed E-state index contributed by atoms with van der Waals surface area (Å²) >= 11 is 3.43. The van der Waals surface area contributed by atoms with Crippen LogP contribution >= 0.6 is 15.9 Å². The third kappa shape index (κ3) is 3.84. The summed E-state index contributed by atoms with van der Waals surface area (Å²) < 4.78 is 6.22. The van der Waals surface area contributed by atoms with Gasteiger partial charge in [0.15, 0.2) is 0 Å². The van der Waals surface area contributed by atoms with Crippen molar-refractivity contribution in [2.24, 2.45) is 0 Å². The van der Waals surface area contributed by atoms with Gasteiger partial charge in [0.05, 0.1) is 18.2 Å². The highest BCUT2D eigenvalue weighted by Crippen LogP contribution is 2.24. The number of nitrogens with one attached hydrogen (secondary N) is 1. The number of anilines is 1. The van der Waals surface area contributed by atoms with Crippen molar-refractivity contribution in [1.29, 1.82) is 5.26 Å². The smallest absolute Gasteiger partial charge is 0.0992 e. The Bertz CT molecular complexity index is 387. The molecule has 0 saturated heterocycles. The van der Waals surface area contributed by atoms with Crippen LogP contribution in [0.4, 0.5) is 5.69 Å². The lowest BCUT2D eigenvalue weighted by Gasteiger charge is -2.16. The standard InChI is InChI=1S/C12H15BrN2O/c1-3-16-8-9(2)15-12-5-4-10(7-14)6-11(12)13/h4-6,9,15H,3,8H2,1-2H3. The molecule has 16 heavy (non-hydrogen) atoms. The molecule has 1 unspecified atom stereocenters. The maximum absolute atomic E-state index is 8.74. The molecule has 1 aromatic carbocycles. The summed E-state index contributed by atoms with van der Waals surface area (Å²) in [4.78, 5) is 0. The first-order chi connectivity index (χ1) is 7.67. The number of hydrogen-bond acceptors (Lipinski definition) is 3. The predicted molar refractivity (Wildman–Crippen MR) is 68.4 cm³/mol. The van der Waals surface area contributed by atoms with Crippen LogP contribution in [0.15, 0.2) is 22.7 Å². The Morgan fingerprint density at radius 2 is 2.31 bits per heavy atom. The van der Waals surface area contributed by atoms with Crippen molar-refractivity contribution in [3.63, 3.8) is 0 Å². The van der Waals surface area contributed by atoms with Crippen molar-refractivity contribution in [3.8, 4) is 6.07 Å². The molecular formula is C12H15BrN2O. The van der Waals surface area contributed by atoms with Crippen LogP contribution in [-0.2, 0) is 4.74 Å². The van der Waals surface area contributed by atoms with Gasteiger partial charge in [0.25, 0.3) is 0 Å². The van der Waals surface area contributed by atoms with Crippen LogP contribution in [0.25, 0.3) is 0 Å². The van der Waals surface area contributed by atoms with Crippen LogP contribution in [0.3, 0.4) is 0 Å². The van der Waals surface area contributed by atoms with Gasteiger partial charge in [-0.25, -0.2) is 0 Å². The molecule has 0 fully saturated rings. The molecule has 1 N–H and O–H groups in total. The van der Waals surface area contributed by atoms with Gasteiger partial charge >= 0.3 is 0 Å². The summed E-state index contributed by atoms with van der Waals surface area (Å²) in [5.41, 5.74) is 1.63. The van der Waals surface area contributed by atoms with E-state index < -0.39 is 0 Å². The lowest BCUT2D eigenvalue weighted by atomic mass is 10.2. The SMILES string of the molecule is CCOCC(C)Nc1ccc(C#N)cc1Br. The summed E-state index contributed by atoms with van der Waals surface area (Å²) in [7, 11) is 0. The molecule has 0 saturated carbocycles. The fraction of sp³-hybridized carbons (Fsp3) is 0.417. The molecule has 0 aliphatic heterocycles. The zero-order chi connectivity index (χ0) is 12.0. The second-order valence-electron chi connectivity index (χ2n) is 3.51. The largest absolute Gasteiger partial charge is 0.380 e. The quantitative estimate of drug-likeness (QED) is 0.902. The average Bonchev–Trinajstić information content (AvgIpc) is 2.29. The fourth-order valence-electron chi connectivity index (χ4n) is 1.30. The molecule has 4 heteroatoms. The molecule has 3 nitrogen and oxygen atoms in total. The van der Waals surface area contributed by atoms with E-state index in [9.17, 15) is 0 Å². The van der Waals surface area contributed by atoms with E-state index in [1.807, 2.05) is 13.0 Å². The molecular weight excluding hydrogens is 268 g/mol. The lowest BCUT2D eigenvalue weighted by molar-refractivity contribution is 0.141. The first-order valence-corrected chi connectivity index (χ1v) is 6.00. The van der Waals surface area contributed by atoms with Crippen molar-refractivity contribution >= 4 is 21.6 Å². The average molecular weight is 283 g/mol. The predicted octanol–water partition coefficient (Wildman–Crippen LogP) is 3.16. The van der Waals surface area contributed by atoms with Crippen LogP contribution < -0.4 is 5.32 Å². The van der Waals surface area contributed by atoms with Crippen molar-refractivity contribution in [2.45, 2.75) is 19.9 Å². The molecule has 1 aromatic rings. The Kier molecular flexibility index (Phi) is 5.30. The Hall–Kier alpha value is -1.05. The van der Waals surface area contributed by atoms with Gasteiger partial charge in [-0.1, -0.05) is 0 Å². The number of halogens is 1. The second-order valence-corrected chi connectivity index (χ2v) is 4.37. The second kappa shape index (κ2) is 6.51. The van der Waals surface area contributed by atoms with E-state index in [-0.39, 0.29) is 6.04 Å². The lowest BCUT2D eigenvalue weighted by Crippen LogP contribution is -2.21. The topological polar surface area (TPSA) is 45.0 Å². The normalized spacial score (nSPS) is 11.9. The summed E-state index contributed by atoms with van der Waals surface area (Å²) in [5.74, 6) is 0. The van der Waals surface area contributed by atoms with Gasteiger partial charge in [-0.15, -0.1) is 0 Å². The highest BCUT2D eigenvalue weighted by atomic mass is 79.9. The van der Waals surface area contributed by atoms with Gasteiger partial charge in [-0.3, -0.25) is 0 Å². The minimum atomic E-state index is 0.240. The fourth-order valence-corrected chi connectivity index (χ4v) is 1.80. The van der Waals surface area contributed by atoms with Crippen molar-refractivity contribution in [2.75, 3.05) is 18.5 Å². The molecule has 0 spiro atoms. The first kappa shape index (κ1) is 13.0. The van der Waals surface area contributed by atoms with Gasteiger partial charge in [-0.2, -0.15) is 5.26 Å². The van der Waals surface area contributed by atoms with Gasteiger partial charge in [0.1, 0.15) is 0 Å². The Labute approximate surface area is 105 Å². The maximum Gasteiger partial charge on any atom is 0.0992 e. The van der Waals surface area contributed by atoms with Crippen molar-refractivity contribution < 1.29 is 4.74 Å². The van der Waals surface area contributed by atoms with Crippen LogP contribution in [0.5, 0.6) is 0 Å². The number of ether oxygens (including phenoxy) is 1. The molecule has 86 valence electrons. The van der Waals surface area contributed by atoms with Gasteiger partial charge < -0.3 is 10.1 Å². The summed E-state index contributed by atoms with van der Waals surface area (Å²) in [6, 6.07) is 7.83. The highest BCUT2D eigenvalue weighted by Gasteiger charge is 2.05. The minimum Gasteiger partial charge on any atom is -0.380 e. The van der Waals surface area contributed by atoms with E-state index in [1.165, 1.54) is 0 Å². The van der Waals surface area contributed by atoms with E-state index in [4.69, 9.17) is 10.00 Å². The zero-order valence-corrected chi connectivity index (χ0v) is 11.0. The highest BCUT2D eigenvalue weighted by molar-refractivity contribution is 9.10. The van der Waals surface area contributed by atoms with E-state index >= 15 is 0 Å². The van der Waals surface area contributed by atoms with Gasteiger partial charge in [0, 0.05) is 22.8 Å². The number of hydrogen-bond donors (Lipinski definition) is 1. The summed E-state index contributed by atoms with van der Waals surface area (Å²) in [5, 5.41) is 12.1. The van der Waals surface area contributed by atoms with E-state index in [0.29, 0.717) is 12.2 Å². The van der Waals surface area contributed by atoms with Gasteiger partial charge in [-0.05, 0) is 48.0 Å².